The number of para-hydroxylation sites is 1. The minimum absolute atomic E-state index is 0.165. The third-order valence-corrected chi connectivity index (χ3v) is 4.42. The first kappa shape index (κ1) is 16.1. The zero-order valence-electron chi connectivity index (χ0n) is 11.9. The Hall–Kier alpha value is -1.82. The van der Waals surface area contributed by atoms with Crippen molar-refractivity contribution in [2.24, 2.45) is 0 Å². The van der Waals surface area contributed by atoms with Gasteiger partial charge in [0, 0.05) is 5.02 Å². The summed E-state index contributed by atoms with van der Waals surface area (Å²) in [6.45, 7) is 0.299. The number of carbonyl (C=O) groups excluding carboxylic acids is 1. The largest absolute Gasteiger partial charge is 0.493 e. The van der Waals surface area contributed by atoms with E-state index in [-0.39, 0.29) is 12.3 Å². The quantitative estimate of drug-likeness (QED) is 0.690. The van der Waals surface area contributed by atoms with Crippen LogP contribution in [0.3, 0.4) is 0 Å². The van der Waals surface area contributed by atoms with E-state index < -0.39 is 0 Å². The Bertz CT molecular complexity index is 837. The lowest BCUT2D eigenvalue weighted by Crippen LogP contribution is -2.14. The summed E-state index contributed by atoms with van der Waals surface area (Å²) in [6.07, 6.45) is 0.235. The highest BCUT2D eigenvalue weighted by molar-refractivity contribution is 7.22. The van der Waals surface area contributed by atoms with Crippen LogP contribution in [0.1, 0.15) is 6.42 Å². The second-order valence-corrected chi connectivity index (χ2v) is 6.59. The molecule has 0 atom stereocenters. The number of benzene rings is 2. The highest BCUT2D eigenvalue weighted by Crippen LogP contribution is 2.33. The molecule has 0 saturated carbocycles. The average molecular weight is 367 g/mol. The van der Waals surface area contributed by atoms with E-state index in [0.29, 0.717) is 27.3 Å². The molecule has 0 saturated heterocycles. The molecule has 118 valence electrons. The van der Waals surface area contributed by atoms with Crippen LogP contribution in [0.2, 0.25) is 10.0 Å². The van der Waals surface area contributed by atoms with Gasteiger partial charge in [0.25, 0.3) is 0 Å². The van der Waals surface area contributed by atoms with Gasteiger partial charge in [-0.2, -0.15) is 0 Å². The number of halogens is 2. The van der Waals surface area contributed by atoms with Crippen molar-refractivity contribution in [3.63, 3.8) is 0 Å². The SMILES string of the molecule is O=C(CCOc1ccccc1)Nc1nc2c(Cl)cc(Cl)cc2s1. The van der Waals surface area contributed by atoms with Crippen LogP contribution in [0.15, 0.2) is 42.5 Å². The van der Waals surface area contributed by atoms with Gasteiger partial charge in [0.15, 0.2) is 5.13 Å². The van der Waals surface area contributed by atoms with Gasteiger partial charge in [0.2, 0.25) is 5.91 Å². The molecule has 1 heterocycles. The summed E-state index contributed by atoms with van der Waals surface area (Å²) in [5.41, 5.74) is 0.636. The molecule has 3 rings (SSSR count). The molecule has 0 aliphatic heterocycles. The summed E-state index contributed by atoms with van der Waals surface area (Å²) >= 11 is 13.4. The summed E-state index contributed by atoms with van der Waals surface area (Å²) in [4.78, 5) is 16.3. The normalized spacial score (nSPS) is 10.7. The molecule has 0 radical (unpaired) electrons. The van der Waals surface area contributed by atoms with Crippen LogP contribution >= 0.6 is 34.5 Å². The molecule has 0 spiro atoms. The maximum Gasteiger partial charge on any atom is 0.229 e. The van der Waals surface area contributed by atoms with Gasteiger partial charge in [-0.05, 0) is 24.3 Å². The zero-order valence-corrected chi connectivity index (χ0v) is 14.2. The van der Waals surface area contributed by atoms with Crippen molar-refractivity contribution in [2.75, 3.05) is 11.9 Å². The van der Waals surface area contributed by atoms with E-state index >= 15 is 0 Å². The lowest BCUT2D eigenvalue weighted by Gasteiger charge is -2.05. The average Bonchev–Trinajstić information content (AvgIpc) is 2.91. The molecule has 1 amide bonds. The van der Waals surface area contributed by atoms with E-state index in [9.17, 15) is 4.79 Å². The fraction of sp³-hybridized carbons (Fsp3) is 0.125. The van der Waals surface area contributed by atoms with E-state index in [1.54, 1.807) is 12.1 Å². The first-order chi connectivity index (χ1) is 11.1. The van der Waals surface area contributed by atoms with E-state index in [4.69, 9.17) is 27.9 Å². The highest BCUT2D eigenvalue weighted by atomic mass is 35.5. The number of hydrogen-bond donors (Lipinski definition) is 1. The highest BCUT2D eigenvalue weighted by Gasteiger charge is 2.11. The summed E-state index contributed by atoms with van der Waals surface area (Å²) < 4.78 is 6.32. The molecule has 0 unspecified atom stereocenters. The Labute approximate surface area is 147 Å². The molecule has 7 heteroatoms. The monoisotopic (exact) mass is 366 g/mol. The molecule has 0 fully saturated rings. The number of rotatable bonds is 5. The van der Waals surface area contributed by atoms with Crippen LogP contribution in [-0.4, -0.2) is 17.5 Å². The lowest BCUT2D eigenvalue weighted by molar-refractivity contribution is -0.116. The number of nitrogens with zero attached hydrogens (tertiary/aromatic N) is 1. The fourth-order valence-electron chi connectivity index (χ4n) is 1.97. The predicted octanol–water partition coefficient (Wildman–Crippen LogP) is 5.01. The maximum absolute atomic E-state index is 11.9. The predicted molar refractivity (Wildman–Crippen MR) is 94.8 cm³/mol. The number of carbonyl (C=O) groups is 1. The second-order valence-electron chi connectivity index (χ2n) is 4.71. The Morgan fingerprint density at radius 2 is 2.00 bits per heavy atom. The van der Waals surface area contributed by atoms with Crippen molar-refractivity contribution in [3.8, 4) is 5.75 Å². The van der Waals surface area contributed by atoms with Gasteiger partial charge < -0.3 is 10.1 Å². The van der Waals surface area contributed by atoms with Gasteiger partial charge in [-0.25, -0.2) is 4.98 Å². The lowest BCUT2D eigenvalue weighted by atomic mass is 10.3. The minimum atomic E-state index is -0.165. The summed E-state index contributed by atoms with van der Waals surface area (Å²) in [7, 11) is 0. The van der Waals surface area contributed by atoms with Crippen LogP contribution in [-0.2, 0) is 4.79 Å². The third-order valence-electron chi connectivity index (χ3n) is 3.00. The Morgan fingerprint density at radius 1 is 1.22 bits per heavy atom. The Kier molecular flexibility index (Phi) is 5.00. The molecular weight excluding hydrogens is 355 g/mol. The van der Waals surface area contributed by atoms with Gasteiger partial charge in [-0.3, -0.25) is 4.79 Å². The van der Waals surface area contributed by atoms with Crippen molar-refractivity contribution in [2.45, 2.75) is 6.42 Å². The number of nitrogens with one attached hydrogen (secondary N) is 1. The van der Waals surface area contributed by atoms with E-state index in [1.807, 2.05) is 30.3 Å². The molecule has 0 aliphatic rings. The zero-order chi connectivity index (χ0) is 16.2. The van der Waals surface area contributed by atoms with Crippen molar-refractivity contribution >= 4 is 55.8 Å². The minimum Gasteiger partial charge on any atom is -0.493 e. The Morgan fingerprint density at radius 3 is 2.78 bits per heavy atom. The number of aromatic nitrogens is 1. The number of hydrogen-bond acceptors (Lipinski definition) is 4. The van der Waals surface area contributed by atoms with Gasteiger partial charge in [-0.1, -0.05) is 52.7 Å². The standard InChI is InChI=1S/C16H12Cl2N2O2S/c17-10-8-12(18)15-13(9-10)23-16(20-15)19-14(21)6-7-22-11-4-2-1-3-5-11/h1-5,8-9H,6-7H2,(H,19,20,21). The van der Waals surface area contributed by atoms with Crippen LogP contribution < -0.4 is 10.1 Å². The number of thiazole rings is 1. The molecule has 2 aromatic carbocycles. The number of fused-ring (bicyclic) bond motifs is 1. The van der Waals surface area contributed by atoms with Crippen molar-refractivity contribution in [1.82, 2.24) is 4.98 Å². The van der Waals surface area contributed by atoms with Gasteiger partial charge >= 0.3 is 0 Å². The second kappa shape index (κ2) is 7.17. The first-order valence-electron chi connectivity index (χ1n) is 6.85. The van der Waals surface area contributed by atoms with Crippen molar-refractivity contribution < 1.29 is 9.53 Å². The topological polar surface area (TPSA) is 51.2 Å². The van der Waals surface area contributed by atoms with E-state index in [1.165, 1.54) is 11.3 Å². The summed E-state index contributed by atoms with van der Waals surface area (Å²) in [6, 6.07) is 12.8. The summed E-state index contributed by atoms with van der Waals surface area (Å²) in [5, 5.41) is 4.26. The first-order valence-corrected chi connectivity index (χ1v) is 8.42. The molecule has 3 aromatic rings. The van der Waals surface area contributed by atoms with Crippen LogP contribution in [0.25, 0.3) is 10.2 Å². The molecular formula is C16H12Cl2N2O2S. The number of anilines is 1. The van der Waals surface area contributed by atoms with Crippen molar-refractivity contribution in [3.05, 3.63) is 52.5 Å². The Balaban J connectivity index is 1.58. The fourth-order valence-corrected chi connectivity index (χ4v) is 3.58. The molecule has 0 aliphatic carbocycles. The van der Waals surface area contributed by atoms with Gasteiger partial charge in [0.05, 0.1) is 22.8 Å². The van der Waals surface area contributed by atoms with Crippen LogP contribution in [0.4, 0.5) is 5.13 Å². The van der Waals surface area contributed by atoms with E-state index in [0.717, 1.165) is 10.4 Å². The maximum atomic E-state index is 11.9. The van der Waals surface area contributed by atoms with Crippen LogP contribution in [0, 0.1) is 0 Å². The van der Waals surface area contributed by atoms with E-state index in [2.05, 4.69) is 10.3 Å². The number of amides is 1. The molecule has 1 N–H and O–H groups in total. The molecule has 1 aromatic heterocycles. The van der Waals surface area contributed by atoms with Gasteiger partial charge in [-0.15, -0.1) is 0 Å². The molecule has 23 heavy (non-hydrogen) atoms. The molecule has 0 bridgehead atoms. The number of ether oxygens (including phenoxy) is 1. The van der Waals surface area contributed by atoms with Crippen molar-refractivity contribution in [1.29, 1.82) is 0 Å². The smallest absolute Gasteiger partial charge is 0.229 e. The third kappa shape index (κ3) is 4.13. The van der Waals surface area contributed by atoms with Crippen LogP contribution in [0.5, 0.6) is 5.75 Å². The molecule has 4 nitrogen and oxygen atoms in total. The summed E-state index contributed by atoms with van der Waals surface area (Å²) in [5.74, 6) is 0.573. The van der Waals surface area contributed by atoms with Gasteiger partial charge in [0.1, 0.15) is 11.3 Å².